The summed E-state index contributed by atoms with van der Waals surface area (Å²) < 4.78 is 73.3. The molecule has 18 heteroatoms. The Morgan fingerprint density at radius 3 is 2.29 bits per heavy atom. The van der Waals surface area contributed by atoms with E-state index in [9.17, 15) is 41.1 Å². The van der Waals surface area contributed by atoms with Crippen LogP contribution in [-0.2, 0) is 32.7 Å². The van der Waals surface area contributed by atoms with Crippen LogP contribution in [-0.4, -0.2) is 92.9 Å². The van der Waals surface area contributed by atoms with Crippen molar-refractivity contribution in [2.24, 2.45) is 24.3 Å². The summed E-state index contributed by atoms with van der Waals surface area (Å²) in [5.41, 5.74) is 1.42. The molecule has 3 saturated heterocycles. The first-order valence-electron chi connectivity index (χ1n) is 23.5. The molecule has 0 radical (unpaired) electrons. The van der Waals surface area contributed by atoms with Gasteiger partial charge in [-0.2, -0.15) is 13.2 Å². The van der Waals surface area contributed by atoms with Gasteiger partial charge in [0.2, 0.25) is 17.8 Å². The van der Waals surface area contributed by atoms with Crippen LogP contribution in [0, 0.1) is 24.2 Å². The number of imidazole rings is 1. The third-order valence-corrected chi connectivity index (χ3v) is 18.1. The fourth-order valence-electron chi connectivity index (χ4n) is 11.6. The third-order valence-electron chi connectivity index (χ3n) is 16.0. The van der Waals surface area contributed by atoms with Crippen molar-refractivity contribution >= 4 is 50.0 Å². The number of sulfone groups is 1. The van der Waals surface area contributed by atoms with Crippen LogP contribution in [0.2, 0.25) is 0 Å². The van der Waals surface area contributed by atoms with Gasteiger partial charge in [-0.25, -0.2) is 23.2 Å². The topological polar surface area (TPSA) is 172 Å². The van der Waals surface area contributed by atoms with Crippen molar-refractivity contribution < 1.29 is 36.3 Å². The van der Waals surface area contributed by atoms with Crippen molar-refractivity contribution in [1.82, 2.24) is 29.3 Å². The Bertz CT molecular complexity index is 2690. The molecule has 3 aliphatic heterocycles. The second kappa shape index (κ2) is 17.4. The summed E-state index contributed by atoms with van der Waals surface area (Å²) >= 11 is 0. The highest BCUT2D eigenvalue weighted by Crippen LogP contribution is 2.53. The van der Waals surface area contributed by atoms with Crippen LogP contribution in [0.5, 0.6) is 0 Å². The molecule has 1 spiro atoms. The lowest BCUT2D eigenvalue weighted by Gasteiger charge is -2.52. The van der Waals surface area contributed by atoms with Crippen LogP contribution < -0.4 is 21.2 Å². The molecule has 2 aromatic carbocycles. The van der Waals surface area contributed by atoms with Gasteiger partial charge in [-0.3, -0.25) is 24.0 Å². The van der Waals surface area contributed by atoms with E-state index in [0.717, 1.165) is 75.8 Å². The van der Waals surface area contributed by atoms with Gasteiger partial charge < -0.3 is 20.2 Å². The predicted molar refractivity (Wildman–Crippen MR) is 244 cm³/mol. The maximum absolute atomic E-state index is 14.1. The van der Waals surface area contributed by atoms with E-state index >= 15 is 0 Å². The highest BCUT2D eigenvalue weighted by atomic mass is 32.2. The highest BCUT2D eigenvalue weighted by molar-refractivity contribution is 7.92. The number of hydrogen-bond donors (Lipinski definition) is 3. The average Bonchev–Trinajstić information content (AvgIpc) is 3.52. The minimum absolute atomic E-state index is 0.00238. The molecule has 5 fully saturated rings. The number of carbonyl (C=O) groups excluding carboxylic acids is 2. The zero-order valence-corrected chi connectivity index (χ0v) is 39.0. The van der Waals surface area contributed by atoms with Crippen LogP contribution in [0.25, 0.3) is 11.0 Å². The number of aromatic nitrogens is 4. The van der Waals surface area contributed by atoms with Crippen molar-refractivity contribution in [3.05, 3.63) is 69.9 Å². The molecule has 0 bridgehead atoms. The summed E-state index contributed by atoms with van der Waals surface area (Å²) in [6.45, 7) is 10.1. The Balaban J connectivity index is 0.774. The van der Waals surface area contributed by atoms with E-state index in [1.807, 2.05) is 32.0 Å². The maximum Gasteiger partial charge on any atom is 0.419 e. The number of nitrogens with one attached hydrogen (secondary N) is 2. The van der Waals surface area contributed by atoms with Gasteiger partial charge in [-0.1, -0.05) is 19.9 Å². The SMILES string of the molecule is Cc1cc(S(=O)(=O)C2CC3(CCN(CC4CCN(c5cccc6c5n(C)c(=O)n6C5CCC(=O)NC5=O)CC4)CC3)C2)ccc1Nc1ncc(C(F)(F)F)c(C2CCC(O)(C(C)C)CC2)n1. The zero-order chi connectivity index (χ0) is 46.9. The molecule has 14 nitrogen and oxygen atoms in total. The molecule has 4 aromatic rings. The van der Waals surface area contributed by atoms with Gasteiger partial charge in [0.15, 0.2) is 9.84 Å². The summed E-state index contributed by atoms with van der Waals surface area (Å²) in [4.78, 5) is 51.5. The summed E-state index contributed by atoms with van der Waals surface area (Å²) in [7, 11) is -1.88. The normalized spacial score (nSPS) is 24.8. The van der Waals surface area contributed by atoms with Gasteiger partial charge in [-0.05, 0) is 144 Å². The molecule has 1 unspecified atom stereocenters. The molecule has 5 aliphatic rings. The molecule has 2 amide bonds. The van der Waals surface area contributed by atoms with Crippen LogP contribution in [0.4, 0.5) is 30.5 Å². The molecule has 2 aliphatic carbocycles. The van der Waals surface area contributed by atoms with Gasteiger partial charge in [0, 0.05) is 50.9 Å². The average molecular weight is 935 g/mol. The molecular weight excluding hydrogens is 874 g/mol. The number of halogens is 3. The van der Waals surface area contributed by atoms with Crippen molar-refractivity contribution in [2.75, 3.05) is 42.9 Å². The zero-order valence-electron chi connectivity index (χ0n) is 38.2. The minimum Gasteiger partial charge on any atom is -0.390 e. The molecule has 5 heterocycles. The number of benzene rings is 2. The number of imide groups is 1. The monoisotopic (exact) mass is 934 g/mol. The quantitative estimate of drug-likeness (QED) is 0.138. The smallest absolute Gasteiger partial charge is 0.390 e. The number of piperidine rings is 3. The van der Waals surface area contributed by atoms with Crippen LogP contribution >= 0.6 is 0 Å². The van der Waals surface area contributed by atoms with Gasteiger partial charge in [0.25, 0.3) is 0 Å². The standard InChI is InChI=1S/C48H61F3N8O6S/c1-29(2)47(63)16-12-32(13-17-47)41-35(48(49,50)51)27-52-44(55-41)53-36-9-8-33(24-30(36)3)66(64,65)34-25-46(26-34)18-22-57(23-19-46)28-31-14-20-58(21-15-31)37-6-5-7-38-42(37)56(4)45(62)59(38)39-10-11-40(60)54-43(39)61/h5-9,24,27,29,31-32,34,39,63H,10-23,25-26,28H2,1-4H3,(H,52,53,55)(H,54,60,61). The lowest BCUT2D eigenvalue weighted by Crippen LogP contribution is -2.52. The molecule has 66 heavy (non-hydrogen) atoms. The predicted octanol–water partition coefficient (Wildman–Crippen LogP) is 7.16. The number of amides is 2. The number of carbonyl (C=O) groups is 2. The summed E-state index contributed by atoms with van der Waals surface area (Å²) in [5.74, 6) is -0.744. The fourth-order valence-corrected chi connectivity index (χ4v) is 13.7. The van der Waals surface area contributed by atoms with Crippen LogP contribution in [0.3, 0.4) is 0 Å². The number of likely N-dealkylation sites (tertiary alicyclic amines) is 1. The van der Waals surface area contributed by atoms with E-state index in [1.165, 1.54) is 4.57 Å². The van der Waals surface area contributed by atoms with Crippen molar-refractivity contribution in [2.45, 2.75) is 132 Å². The van der Waals surface area contributed by atoms with Gasteiger partial charge in [0.1, 0.15) is 6.04 Å². The number of fused-ring (bicyclic) bond motifs is 1. The van der Waals surface area contributed by atoms with E-state index in [1.54, 1.807) is 36.7 Å². The Morgan fingerprint density at radius 2 is 1.65 bits per heavy atom. The van der Waals surface area contributed by atoms with E-state index in [2.05, 4.69) is 30.4 Å². The minimum atomic E-state index is -4.63. The number of rotatable bonds is 10. The van der Waals surface area contributed by atoms with Crippen molar-refractivity contribution in [3.63, 3.8) is 0 Å². The van der Waals surface area contributed by atoms with Gasteiger partial charge in [-0.15, -0.1) is 0 Å². The second-order valence-corrected chi connectivity index (χ2v) is 22.5. The molecule has 2 aromatic heterocycles. The number of alkyl halides is 3. The highest BCUT2D eigenvalue weighted by Gasteiger charge is 2.51. The number of aliphatic hydroxyl groups is 1. The molecule has 3 N–H and O–H groups in total. The summed E-state index contributed by atoms with van der Waals surface area (Å²) in [6.07, 6.45) is 3.33. The van der Waals surface area contributed by atoms with Gasteiger partial charge in [0.05, 0.1) is 43.7 Å². The molecule has 1 atom stereocenters. The number of para-hydroxylation sites is 1. The maximum atomic E-state index is 14.1. The van der Waals surface area contributed by atoms with E-state index < -0.39 is 50.3 Å². The van der Waals surface area contributed by atoms with Crippen molar-refractivity contribution in [1.29, 1.82) is 0 Å². The Labute approximate surface area is 383 Å². The Hall–Kier alpha value is -4.81. The number of nitrogens with zero attached hydrogens (tertiary/aromatic N) is 6. The first kappa shape index (κ1) is 46.3. The third kappa shape index (κ3) is 8.65. The lowest BCUT2D eigenvalue weighted by atomic mass is 9.63. The Morgan fingerprint density at radius 1 is 0.955 bits per heavy atom. The van der Waals surface area contributed by atoms with E-state index in [-0.39, 0.29) is 52.3 Å². The molecule has 9 rings (SSSR count). The van der Waals surface area contributed by atoms with E-state index in [0.29, 0.717) is 61.2 Å². The number of hydrogen-bond acceptors (Lipinski definition) is 11. The van der Waals surface area contributed by atoms with Crippen LogP contribution in [0.15, 0.2) is 52.3 Å². The van der Waals surface area contributed by atoms with E-state index in [4.69, 9.17) is 0 Å². The largest absolute Gasteiger partial charge is 0.419 e. The van der Waals surface area contributed by atoms with Crippen LogP contribution in [0.1, 0.15) is 120 Å². The molecule has 356 valence electrons. The first-order chi connectivity index (χ1) is 31.2. The fraction of sp³-hybridized carbons (Fsp3) is 0.604. The van der Waals surface area contributed by atoms with Crippen molar-refractivity contribution in [3.8, 4) is 0 Å². The Kier molecular flexibility index (Phi) is 12.2. The lowest BCUT2D eigenvalue weighted by molar-refractivity contribution is -0.139. The molecular formula is C48H61F3N8O6S. The second-order valence-electron chi connectivity index (χ2n) is 20.3. The number of aryl methyl sites for hydroxylation is 2. The first-order valence-corrected chi connectivity index (χ1v) is 25.1. The van der Waals surface area contributed by atoms with Gasteiger partial charge >= 0.3 is 11.9 Å². The summed E-state index contributed by atoms with van der Waals surface area (Å²) in [5, 5.41) is 15.9. The summed E-state index contributed by atoms with van der Waals surface area (Å²) in [6, 6.07) is 9.90. The molecule has 2 saturated carbocycles. The number of anilines is 3.